The Labute approximate surface area is 176 Å². The number of ether oxygens (including phenoxy) is 1. The lowest BCUT2D eigenvalue weighted by Gasteiger charge is -2.28. The number of carbonyl (C=O) groups is 1. The Bertz CT molecular complexity index is 935. The van der Waals surface area contributed by atoms with Gasteiger partial charge in [-0.05, 0) is 17.4 Å². The molecule has 3 heterocycles. The fourth-order valence-electron chi connectivity index (χ4n) is 3.25. The van der Waals surface area contributed by atoms with Crippen molar-refractivity contribution in [2.24, 2.45) is 5.41 Å². The van der Waals surface area contributed by atoms with E-state index in [0.29, 0.717) is 24.6 Å². The zero-order valence-electron chi connectivity index (χ0n) is 17.3. The quantitative estimate of drug-likeness (QED) is 0.671. The van der Waals surface area contributed by atoms with E-state index < -0.39 is 10.2 Å². The van der Waals surface area contributed by atoms with Crippen LogP contribution in [0, 0.1) is 17.3 Å². The highest BCUT2D eigenvalue weighted by atomic mass is 32.2. The smallest absolute Gasteiger partial charge is 0.279 e. The minimum atomic E-state index is -3.53. The van der Waals surface area contributed by atoms with Crippen LogP contribution in [-0.4, -0.2) is 72.1 Å². The van der Waals surface area contributed by atoms with Crippen LogP contribution >= 0.6 is 11.3 Å². The third-order valence-corrected chi connectivity index (χ3v) is 7.68. The third-order valence-electron chi connectivity index (χ3n) is 4.91. The predicted molar refractivity (Wildman–Crippen MR) is 115 cm³/mol. The van der Waals surface area contributed by atoms with Gasteiger partial charge in [0, 0.05) is 33.7 Å². The van der Waals surface area contributed by atoms with Crippen molar-refractivity contribution in [2.45, 2.75) is 20.3 Å². The van der Waals surface area contributed by atoms with Crippen molar-refractivity contribution >= 4 is 32.5 Å². The van der Waals surface area contributed by atoms with Crippen LogP contribution in [0.2, 0.25) is 0 Å². The second-order valence-electron chi connectivity index (χ2n) is 8.12. The molecular formula is C19H28N4O4S2. The first-order chi connectivity index (χ1) is 13.6. The molecule has 0 radical (unpaired) electrons. The lowest BCUT2D eigenvalue weighted by molar-refractivity contribution is 0.0948. The molecule has 1 saturated heterocycles. The highest BCUT2D eigenvalue weighted by Crippen LogP contribution is 2.40. The van der Waals surface area contributed by atoms with Crippen LogP contribution in [0.1, 0.15) is 34.6 Å². The normalized spacial score (nSPS) is 19.2. The molecule has 2 aliphatic rings. The summed E-state index contributed by atoms with van der Waals surface area (Å²) in [7, 11) is -0.600. The topological polar surface area (TPSA) is 91.0 Å². The molecule has 0 unspecified atom stereocenters. The molecule has 0 atom stereocenters. The largest absolute Gasteiger partial charge is 0.378 e. The number of hydrogen-bond donors (Lipinski definition) is 2. The first-order valence-electron chi connectivity index (χ1n) is 9.53. The molecule has 160 valence electrons. The monoisotopic (exact) mass is 440 g/mol. The Morgan fingerprint density at radius 2 is 2.00 bits per heavy atom. The SMILES string of the molecule is CN(C)S(=O)(=O)NCC#Cc1c(N2CCOCC2)sc2c1CC(C)(C)CNC2=O. The lowest BCUT2D eigenvalue weighted by Crippen LogP contribution is -2.36. The molecule has 0 saturated carbocycles. The summed E-state index contributed by atoms with van der Waals surface area (Å²) in [6.07, 6.45) is 0.731. The Kier molecular flexibility index (Phi) is 6.55. The standard InChI is InChI=1S/C19H28N4O4S2/c1-19(2)12-15-14(6-5-7-21-29(25,26)22(3)4)18(23-8-10-27-11-9-23)28-16(15)17(24)20-13-19/h21H,7-13H2,1-4H3,(H,20,24). The van der Waals surface area contributed by atoms with Crippen LogP contribution in [0.5, 0.6) is 0 Å². The molecule has 0 spiro atoms. The van der Waals surface area contributed by atoms with Crippen LogP contribution in [0.4, 0.5) is 5.00 Å². The van der Waals surface area contributed by atoms with E-state index in [1.165, 1.54) is 25.4 Å². The maximum absolute atomic E-state index is 12.7. The molecule has 29 heavy (non-hydrogen) atoms. The molecule has 1 amide bonds. The average molecular weight is 441 g/mol. The van der Waals surface area contributed by atoms with Gasteiger partial charge in [0.25, 0.3) is 16.1 Å². The van der Waals surface area contributed by atoms with Crippen molar-refractivity contribution in [3.8, 4) is 11.8 Å². The zero-order valence-corrected chi connectivity index (χ0v) is 18.9. The number of nitrogens with zero attached hydrogens (tertiary/aromatic N) is 2. The molecule has 0 bridgehead atoms. The average Bonchev–Trinajstić information content (AvgIpc) is 2.96. The van der Waals surface area contributed by atoms with Crippen molar-refractivity contribution in [1.82, 2.24) is 14.3 Å². The number of amides is 1. The maximum atomic E-state index is 12.7. The van der Waals surface area contributed by atoms with E-state index in [1.54, 1.807) is 0 Å². The molecule has 2 aliphatic heterocycles. The number of fused-ring (bicyclic) bond motifs is 1. The fraction of sp³-hybridized carbons (Fsp3) is 0.632. The Morgan fingerprint density at radius 1 is 1.31 bits per heavy atom. The van der Waals surface area contributed by atoms with Gasteiger partial charge in [-0.15, -0.1) is 11.3 Å². The van der Waals surface area contributed by atoms with Crippen molar-refractivity contribution in [3.05, 3.63) is 16.0 Å². The highest BCUT2D eigenvalue weighted by Gasteiger charge is 2.33. The van der Waals surface area contributed by atoms with Gasteiger partial charge in [0.05, 0.1) is 30.2 Å². The first kappa shape index (κ1) is 22.1. The van der Waals surface area contributed by atoms with Crippen LogP contribution in [0.15, 0.2) is 0 Å². The number of nitrogens with one attached hydrogen (secondary N) is 2. The van der Waals surface area contributed by atoms with Crippen molar-refractivity contribution < 1.29 is 17.9 Å². The molecule has 1 fully saturated rings. The number of hydrogen-bond acceptors (Lipinski definition) is 6. The summed E-state index contributed by atoms with van der Waals surface area (Å²) in [5, 5.41) is 3.98. The maximum Gasteiger partial charge on any atom is 0.279 e. The number of carbonyl (C=O) groups excluding carboxylic acids is 1. The minimum Gasteiger partial charge on any atom is -0.378 e. The van der Waals surface area contributed by atoms with Crippen LogP contribution < -0.4 is 14.9 Å². The second kappa shape index (κ2) is 8.62. The lowest BCUT2D eigenvalue weighted by atomic mass is 9.85. The van der Waals surface area contributed by atoms with E-state index in [2.05, 4.69) is 40.6 Å². The van der Waals surface area contributed by atoms with Gasteiger partial charge >= 0.3 is 0 Å². The van der Waals surface area contributed by atoms with Gasteiger partial charge in [0.2, 0.25) is 0 Å². The van der Waals surface area contributed by atoms with Crippen LogP contribution in [0.3, 0.4) is 0 Å². The second-order valence-corrected chi connectivity index (χ2v) is 11.1. The van der Waals surface area contributed by atoms with E-state index in [9.17, 15) is 13.2 Å². The summed E-state index contributed by atoms with van der Waals surface area (Å²) >= 11 is 1.47. The molecule has 1 aromatic rings. The van der Waals surface area contributed by atoms with Gasteiger partial charge < -0.3 is 15.0 Å². The Morgan fingerprint density at radius 3 is 2.66 bits per heavy atom. The number of thiophene rings is 1. The zero-order chi connectivity index (χ0) is 21.2. The van der Waals surface area contributed by atoms with E-state index in [-0.39, 0.29) is 17.9 Å². The molecule has 3 rings (SSSR count). The fourth-order valence-corrected chi connectivity index (χ4v) is 5.01. The van der Waals surface area contributed by atoms with Gasteiger partial charge in [-0.2, -0.15) is 17.4 Å². The molecule has 0 aliphatic carbocycles. The van der Waals surface area contributed by atoms with Gasteiger partial charge in [-0.25, -0.2) is 0 Å². The van der Waals surface area contributed by atoms with Gasteiger partial charge in [-0.3, -0.25) is 4.79 Å². The van der Waals surface area contributed by atoms with Crippen molar-refractivity contribution in [3.63, 3.8) is 0 Å². The summed E-state index contributed by atoms with van der Waals surface area (Å²) in [4.78, 5) is 15.6. The van der Waals surface area contributed by atoms with Crippen molar-refractivity contribution in [2.75, 3.05) is 58.4 Å². The number of rotatable bonds is 4. The summed E-state index contributed by atoms with van der Waals surface area (Å²) in [5.74, 6) is 6.05. The van der Waals surface area contributed by atoms with E-state index in [4.69, 9.17) is 4.74 Å². The number of anilines is 1. The summed E-state index contributed by atoms with van der Waals surface area (Å²) < 4.78 is 32.8. The highest BCUT2D eigenvalue weighted by molar-refractivity contribution is 7.87. The number of morpholine rings is 1. The molecule has 1 aromatic heterocycles. The molecule has 0 aromatic carbocycles. The summed E-state index contributed by atoms with van der Waals surface area (Å²) in [6, 6.07) is 0. The van der Waals surface area contributed by atoms with Crippen LogP contribution in [0.25, 0.3) is 0 Å². The molecule has 10 heteroatoms. The minimum absolute atomic E-state index is 0.00325. The summed E-state index contributed by atoms with van der Waals surface area (Å²) in [5.41, 5.74) is 1.70. The Balaban J connectivity index is 1.97. The predicted octanol–water partition coefficient (Wildman–Crippen LogP) is 0.644. The molecule has 2 N–H and O–H groups in total. The summed E-state index contributed by atoms with van der Waals surface area (Å²) in [6.45, 7) is 7.61. The van der Waals surface area contributed by atoms with Crippen LogP contribution in [-0.2, 0) is 21.4 Å². The van der Waals surface area contributed by atoms with Crippen molar-refractivity contribution in [1.29, 1.82) is 0 Å². The first-order valence-corrected chi connectivity index (χ1v) is 11.8. The Hall–Kier alpha value is -1.64. The third kappa shape index (κ3) is 5.10. The molecular weight excluding hydrogens is 412 g/mol. The van der Waals surface area contributed by atoms with E-state index in [0.717, 1.165) is 39.9 Å². The van der Waals surface area contributed by atoms with Gasteiger partial charge in [0.1, 0.15) is 5.00 Å². The van der Waals surface area contributed by atoms with Gasteiger partial charge in [-0.1, -0.05) is 25.7 Å². The van der Waals surface area contributed by atoms with E-state index >= 15 is 0 Å². The van der Waals surface area contributed by atoms with Gasteiger partial charge in [0.15, 0.2) is 0 Å². The van der Waals surface area contributed by atoms with E-state index in [1.807, 2.05) is 0 Å². The molecule has 8 nitrogen and oxygen atoms in total.